The van der Waals surface area contributed by atoms with E-state index >= 15 is 0 Å². The van der Waals surface area contributed by atoms with Gasteiger partial charge in [-0.1, -0.05) is 121 Å². The summed E-state index contributed by atoms with van der Waals surface area (Å²) < 4.78 is 0. The van der Waals surface area contributed by atoms with Gasteiger partial charge in [0.05, 0.1) is 0 Å². The summed E-state index contributed by atoms with van der Waals surface area (Å²) in [5.41, 5.74) is 0. The average Bonchev–Trinajstić information content (AvgIpc) is 2.59. The second-order valence-corrected chi connectivity index (χ2v) is 8.39. The average molecular weight is 357 g/mol. The summed E-state index contributed by atoms with van der Waals surface area (Å²) >= 11 is 0. The Morgan fingerprint density at radius 3 is 1.20 bits per heavy atom. The van der Waals surface area contributed by atoms with Crippen molar-refractivity contribution in [1.82, 2.24) is 0 Å². The summed E-state index contributed by atoms with van der Waals surface area (Å²) in [4.78, 5) is 0. The maximum absolute atomic E-state index is 2.38. The SMILES string of the molecule is CC.CC1CC(C)CC(C)C1.CCCCC(C)CC.CCCCCC. The largest absolute Gasteiger partial charge is 0.0683 e. The Morgan fingerprint density at radius 1 is 0.640 bits per heavy atom. The van der Waals surface area contributed by atoms with Gasteiger partial charge in [-0.05, 0) is 42.9 Å². The van der Waals surface area contributed by atoms with E-state index in [1.54, 1.807) is 0 Å². The van der Waals surface area contributed by atoms with Crippen LogP contribution in [0, 0.1) is 23.7 Å². The summed E-state index contributed by atoms with van der Waals surface area (Å²) in [6.07, 6.45) is 15.5. The van der Waals surface area contributed by atoms with Crippen LogP contribution in [0.2, 0.25) is 0 Å². The Labute approximate surface area is 164 Å². The Hall–Kier alpha value is 0. The number of hydrogen-bond acceptors (Lipinski definition) is 0. The predicted octanol–water partition coefficient (Wildman–Crippen LogP) is 9.91. The summed E-state index contributed by atoms with van der Waals surface area (Å²) in [6.45, 7) is 22.5. The second kappa shape index (κ2) is 24.0. The molecule has 0 aromatic carbocycles. The molecule has 0 spiro atoms. The second-order valence-electron chi connectivity index (χ2n) is 8.39. The first-order chi connectivity index (χ1) is 11.9. The van der Waals surface area contributed by atoms with Crippen molar-refractivity contribution < 1.29 is 0 Å². The van der Waals surface area contributed by atoms with Crippen LogP contribution in [0.4, 0.5) is 0 Å². The molecule has 0 N–H and O–H groups in total. The summed E-state index contributed by atoms with van der Waals surface area (Å²) in [7, 11) is 0. The predicted molar refractivity (Wildman–Crippen MR) is 121 cm³/mol. The third-order valence-electron chi connectivity index (χ3n) is 5.12. The molecule has 1 aliphatic carbocycles. The van der Waals surface area contributed by atoms with E-state index in [1.165, 1.54) is 70.6 Å². The van der Waals surface area contributed by atoms with E-state index in [0.29, 0.717) is 0 Å². The first-order valence-corrected chi connectivity index (χ1v) is 11.9. The Bertz CT molecular complexity index is 179. The van der Waals surface area contributed by atoms with Gasteiger partial charge in [-0.2, -0.15) is 0 Å². The molecule has 0 heterocycles. The monoisotopic (exact) mass is 356 g/mol. The zero-order valence-electron chi connectivity index (χ0n) is 20.1. The molecule has 0 aromatic heterocycles. The first-order valence-electron chi connectivity index (χ1n) is 11.9. The molecular weight excluding hydrogens is 300 g/mol. The lowest BCUT2D eigenvalue weighted by atomic mass is 9.78. The van der Waals surface area contributed by atoms with Crippen molar-refractivity contribution in [2.24, 2.45) is 23.7 Å². The summed E-state index contributed by atoms with van der Waals surface area (Å²) in [5, 5.41) is 0. The molecule has 25 heavy (non-hydrogen) atoms. The highest BCUT2D eigenvalue weighted by Crippen LogP contribution is 2.31. The Balaban J connectivity index is -0.000000282. The lowest BCUT2D eigenvalue weighted by molar-refractivity contribution is 0.233. The molecular formula is C25H56. The van der Waals surface area contributed by atoms with Crippen molar-refractivity contribution in [3.05, 3.63) is 0 Å². The Kier molecular flexibility index (Phi) is 28.6. The minimum Gasteiger partial charge on any atom is -0.0683 e. The quantitative estimate of drug-likeness (QED) is 0.398. The van der Waals surface area contributed by atoms with Crippen molar-refractivity contribution in [3.63, 3.8) is 0 Å². The van der Waals surface area contributed by atoms with E-state index in [2.05, 4.69) is 55.4 Å². The molecule has 0 saturated heterocycles. The van der Waals surface area contributed by atoms with Gasteiger partial charge in [-0.3, -0.25) is 0 Å². The van der Waals surface area contributed by atoms with E-state index in [9.17, 15) is 0 Å². The van der Waals surface area contributed by atoms with Crippen LogP contribution in [0.1, 0.15) is 140 Å². The standard InChI is InChI=1S/C9H18.C8H18.C6H14.C2H6/c1-7-4-8(2)6-9(3)5-7;1-4-6-7-8(3)5-2;1-3-5-6-4-2;1-2/h7-9H,4-6H2,1-3H3;8H,4-7H2,1-3H3;3-6H2,1-2H3;1-2H3. The lowest BCUT2D eigenvalue weighted by Crippen LogP contribution is -2.16. The van der Waals surface area contributed by atoms with Crippen LogP contribution in [0.15, 0.2) is 0 Å². The summed E-state index contributed by atoms with van der Waals surface area (Å²) in [5.74, 6) is 3.92. The molecule has 0 bridgehead atoms. The van der Waals surface area contributed by atoms with Crippen LogP contribution >= 0.6 is 0 Å². The zero-order valence-corrected chi connectivity index (χ0v) is 20.1. The van der Waals surface area contributed by atoms with Gasteiger partial charge in [0.1, 0.15) is 0 Å². The molecule has 1 rings (SSSR count). The molecule has 0 aliphatic heterocycles. The van der Waals surface area contributed by atoms with Crippen molar-refractivity contribution in [2.75, 3.05) is 0 Å². The third kappa shape index (κ3) is 26.3. The first kappa shape index (κ1) is 29.8. The molecule has 0 nitrogen and oxygen atoms in total. The van der Waals surface area contributed by atoms with Crippen LogP contribution < -0.4 is 0 Å². The molecule has 1 fully saturated rings. The minimum absolute atomic E-state index is 0.954. The van der Waals surface area contributed by atoms with Crippen molar-refractivity contribution in [3.8, 4) is 0 Å². The van der Waals surface area contributed by atoms with E-state index in [0.717, 1.165) is 23.7 Å². The molecule has 1 atom stereocenters. The van der Waals surface area contributed by atoms with E-state index in [-0.39, 0.29) is 0 Å². The summed E-state index contributed by atoms with van der Waals surface area (Å²) in [6, 6.07) is 0. The van der Waals surface area contributed by atoms with Crippen LogP contribution in [0.25, 0.3) is 0 Å². The fourth-order valence-corrected chi connectivity index (χ4v) is 3.61. The fraction of sp³-hybridized carbons (Fsp3) is 1.00. The van der Waals surface area contributed by atoms with Crippen LogP contribution in [0.5, 0.6) is 0 Å². The molecule has 1 aliphatic rings. The van der Waals surface area contributed by atoms with Gasteiger partial charge >= 0.3 is 0 Å². The van der Waals surface area contributed by atoms with E-state index in [4.69, 9.17) is 0 Å². The number of unbranched alkanes of at least 4 members (excludes halogenated alkanes) is 4. The molecule has 0 heteroatoms. The van der Waals surface area contributed by atoms with Crippen LogP contribution in [-0.4, -0.2) is 0 Å². The highest BCUT2D eigenvalue weighted by atomic mass is 14.3. The van der Waals surface area contributed by atoms with Gasteiger partial charge in [0, 0.05) is 0 Å². The zero-order chi connectivity index (χ0) is 20.1. The number of rotatable bonds is 7. The number of hydrogen-bond donors (Lipinski definition) is 0. The van der Waals surface area contributed by atoms with Gasteiger partial charge in [-0.25, -0.2) is 0 Å². The van der Waals surface area contributed by atoms with Gasteiger partial charge < -0.3 is 0 Å². The van der Waals surface area contributed by atoms with Gasteiger partial charge in [0.2, 0.25) is 0 Å². The van der Waals surface area contributed by atoms with Crippen LogP contribution in [0.3, 0.4) is 0 Å². The van der Waals surface area contributed by atoms with Crippen LogP contribution in [-0.2, 0) is 0 Å². The van der Waals surface area contributed by atoms with Crippen molar-refractivity contribution in [1.29, 1.82) is 0 Å². The minimum atomic E-state index is 0.954. The topological polar surface area (TPSA) is 0 Å². The maximum Gasteiger partial charge on any atom is -0.0438 e. The highest BCUT2D eigenvalue weighted by molar-refractivity contribution is 4.71. The molecule has 0 aromatic rings. The van der Waals surface area contributed by atoms with Crippen molar-refractivity contribution in [2.45, 2.75) is 140 Å². The molecule has 1 unspecified atom stereocenters. The highest BCUT2D eigenvalue weighted by Gasteiger charge is 2.19. The van der Waals surface area contributed by atoms with E-state index < -0.39 is 0 Å². The van der Waals surface area contributed by atoms with Gasteiger partial charge in [-0.15, -0.1) is 0 Å². The smallest absolute Gasteiger partial charge is 0.0438 e. The van der Waals surface area contributed by atoms with E-state index in [1.807, 2.05) is 13.8 Å². The van der Waals surface area contributed by atoms with Crippen molar-refractivity contribution >= 4 is 0 Å². The van der Waals surface area contributed by atoms with Gasteiger partial charge in [0.25, 0.3) is 0 Å². The fourth-order valence-electron chi connectivity index (χ4n) is 3.61. The third-order valence-corrected chi connectivity index (χ3v) is 5.12. The normalized spacial score (nSPS) is 23.0. The molecule has 0 amide bonds. The molecule has 0 radical (unpaired) electrons. The van der Waals surface area contributed by atoms with Gasteiger partial charge in [0.15, 0.2) is 0 Å². The Morgan fingerprint density at radius 2 is 0.960 bits per heavy atom. The molecule has 156 valence electrons. The molecule has 1 saturated carbocycles. The lowest BCUT2D eigenvalue weighted by Gasteiger charge is -2.28. The maximum atomic E-state index is 2.38.